The van der Waals surface area contributed by atoms with E-state index < -0.39 is 29.5 Å². The van der Waals surface area contributed by atoms with Crippen LogP contribution in [0.1, 0.15) is 68.9 Å². The van der Waals surface area contributed by atoms with E-state index in [4.69, 9.17) is 4.74 Å². The number of halogens is 4. The molecule has 0 saturated heterocycles. The van der Waals surface area contributed by atoms with Gasteiger partial charge in [-0.3, -0.25) is 9.79 Å². The lowest BCUT2D eigenvalue weighted by Crippen LogP contribution is -2.42. The summed E-state index contributed by atoms with van der Waals surface area (Å²) in [6, 6.07) is 6.93. The molecule has 0 saturated carbocycles. The molecule has 0 spiro atoms. The van der Waals surface area contributed by atoms with E-state index >= 15 is 0 Å². The molecule has 0 aliphatic heterocycles. The van der Waals surface area contributed by atoms with Crippen molar-refractivity contribution in [1.29, 1.82) is 0 Å². The number of hydrogen-bond donors (Lipinski definition) is 0. The Kier molecular flexibility index (Phi) is 12.8. The maximum absolute atomic E-state index is 14.0. The molecule has 1 amide bonds. The fourth-order valence-electron chi connectivity index (χ4n) is 3.15. The quantitative estimate of drug-likeness (QED) is 0.268. The zero-order valence-corrected chi connectivity index (χ0v) is 21.7. The van der Waals surface area contributed by atoms with Crippen molar-refractivity contribution in [3.8, 4) is 5.88 Å². The summed E-state index contributed by atoms with van der Waals surface area (Å²) < 4.78 is 57.3. The summed E-state index contributed by atoms with van der Waals surface area (Å²) in [6.45, 7) is 9.89. The first kappa shape index (κ1) is 30.8. The molecule has 1 unspecified atom stereocenters. The normalized spacial score (nSPS) is 12.7. The van der Waals surface area contributed by atoms with E-state index in [0.29, 0.717) is 29.9 Å². The fraction of sp³-hybridized carbons (Fsp3) is 0.444. The highest BCUT2D eigenvalue weighted by atomic mass is 19.4. The lowest BCUT2D eigenvalue weighted by Gasteiger charge is -2.29. The van der Waals surface area contributed by atoms with Gasteiger partial charge in [-0.05, 0) is 44.0 Å². The number of amides is 1. The van der Waals surface area contributed by atoms with E-state index in [1.54, 1.807) is 39.2 Å². The third-order valence-corrected chi connectivity index (χ3v) is 5.28. The first-order valence-electron chi connectivity index (χ1n) is 11.9. The molecule has 9 heteroatoms. The van der Waals surface area contributed by atoms with Crippen molar-refractivity contribution in [3.63, 3.8) is 0 Å². The fourth-order valence-corrected chi connectivity index (χ4v) is 3.15. The Bertz CT molecular complexity index is 1030. The van der Waals surface area contributed by atoms with Gasteiger partial charge in [-0.2, -0.15) is 13.2 Å². The second kappa shape index (κ2) is 15.0. The van der Waals surface area contributed by atoms with Gasteiger partial charge in [0.25, 0.3) is 5.91 Å². The largest absolute Gasteiger partial charge is 0.473 e. The molecule has 2 aromatic rings. The van der Waals surface area contributed by atoms with Crippen LogP contribution in [0.3, 0.4) is 0 Å². The molecule has 5 nitrogen and oxygen atoms in total. The van der Waals surface area contributed by atoms with Gasteiger partial charge in [0.2, 0.25) is 5.88 Å². The Balaban J connectivity index is 0.00000150. The maximum Gasteiger partial charge on any atom is 0.417 e. The van der Waals surface area contributed by atoms with E-state index in [9.17, 15) is 22.4 Å². The Morgan fingerprint density at radius 2 is 1.78 bits per heavy atom. The molecule has 198 valence electrons. The topological polar surface area (TPSA) is 54.8 Å². The van der Waals surface area contributed by atoms with Crippen molar-refractivity contribution in [2.75, 3.05) is 20.2 Å². The summed E-state index contributed by atoms with van der Waals surface area (Å²) in [4.78, 5) is 22.3. The summed E-state index contributed by atoms with van der Waals surface area (Å²) in [7, 11) is 1.64. The average molecular weight is 510 g/mol. The highest BCUT2D eigenvalue weighted by molar-refractivity contribution is 6.14. The highest BCUT2D eigenvalue weighted by Crippen LogP contribution is 2.30. The van der Waals surface area contributed by atoms with Gasteiger partial charge in [-0.1, -0.05) is 51.0 Å². The molecular formula is C27H35F4N3O2. The van der Waals surface area contributed by atoms with Gasteiger partial charge in [0, 0.05) is 31.6 Å². The summed E-state index contributed by atoms with van der Waals surface area (Å²) in [6.07, 6.45) is 1.96. The molecule has 0 fully saturated rings. The first-order valence-corrected chi connectivity index (χ1v) is 11.9. The van der Waals surface area contributed by atoms with Crippen molar-refractivity contribution >= 4 is 17.7 Å². The van der Waals surface area contributed by atoms with E-state index in [2.05, 4.69) is 23.8 Å². The monoisotopic (exact) mass is 509 g/mol. The van der Waals surface area contributed by atoms with Gasteiger partial charge in [0.1, 0.15) is 6.61 Å². The van der Waals surface area contributed by atoms with Crippen LogP contribution in [0.15, 0.2) is 47.6 Å². The summed E-state index contributed by atoms with van der Waals surface area (Å²) >= 11 is 0. The second-order valence-corrected chi connectivity index (χ2v) is 7.94. The Morgan fingerprint density at radius 3 is 2.25 bits per heavy atom. The lowest BCUT2D eigenvalue weighted by atomic mass is 9.98. The molecule has 2 rings (SSSR count). The van der Waals surface area contributed by atoms with E-state index in [1.807, 2.05) is 25.1 Å². The Morgan fingerprint density at radius 1 is 1.17 bits per heavy atom. The number of carbonyl (C=O) groups excluding carboxylic acids is 1. The highest BCUT2D eigenvalue weighted by Gasteiger charge is 2.32. The number of aromatic nitrogens is 1. The van der Waals surface area contributed by atoms with Crippen LogP contribution >= 0.6 is 0 Å². The number of pyridine rings is 1. The van der Waals surface area contributed by atoms with Crippen LogP contribution < -0.4 is 4.74 Å². The number of hydrogen-bond acceptors (Lipinski definition) is 4. The Labute approximate surface area is 210 Å². The van der Waals surface area contributed by atoms with Crippen LogP contribution in [0, 0.1) is 5.82 Å². The summed E-state index contributed by atoms with van der Waals surface area (Å²) in [5.41, 5.74) is 0.765. The minimum absolute atomic E-state index is 0.149. The van der Waals surface area contributed by atoms with E-state index in [0.717, 1.165) is 5.57 Å². The smallest absolute Gasteiger partial charge is 0.417 e. The molecule has 0 radical (unpaired) electrons. The molecule has 0 N–H and O–H groups in total. The number of likely N-dealkylation sites (N-methyl/N-ethyl adjacent to an activating group) is 1. The minimum Gasteiger partial charge on any atom is -0.473 e. The summed E-state index contributed by atoms with van der Waals surface area (Å²) in [5.74, 6) is -2.03. The molecule has 1 atom stereocenters. The first-order chi connectivity index (χ1) is 17.0. The molecule has 0 aliphatic carbocycles. The molecule has 0 aliphatic rings. The van der Waals surface area contributed by atoms with Gasteiger partial charge >= 0.3 is 6.18 Å². The van der Waals surface area contributed by atoms with Crippen LogP contribution in [-0.4, -0.2) is 48.2 Å². The molecule has 1 heterocycles. The van der Waals surface area contributed by atoms with Crippen molar-refractivity contribution < 1.29 is 27.1 Å². The number of carbonyl (C=O) groups is 1. The maximum atomic E-state index is 14.0. The molecule has 1 aromatic carbocycles. The van der Waals surface area contributed by atoms with Crippen molar-refractivity contribution in [2.24, 2.45) is 4.99 Å². The van der Waals surface area contributed by atoms with Gasteiger partial charge in [0.15, 0.2) is 5.82 Å². The average Bonchev–Trinajstić information content (AvgIpc) is 2.86. The van der Waals surface area contributed by atoms with Crippen molar-refractivity contribution in [3.05, 3.63) is 65.1 Å². The van der Waals surface area contributed by atoms with Gasteiger partial charge in [-0.25, -0.2) is 9.37 Å². The number of nitrogens with zero attached hydrogens (tertiary/aromatic N) is 3. The zero-order chi connectivity index (χ0) is 27.3. The van der Waals surface area contributed by atoms with Crippen molar-refractivity contribution in [2.45, 2.75) is 59.7 Å². The second-order valence-electron chi connectivity index (χ2n) is 7.94. The zero-order valence-electron chi connectivity index (χ0n) is 21.7. The number of rotatable bonds is 9. The van der Waals surface area contributed by atoms with Crippen molar-refractivity contribution in [1.82, 2.24) is 9.88 Å². The van der Waals surface area contributed by atoms with Gasteiger partial charge < -0.3 is 9.64 Å². The van der Waals surface area contributed by atoms with Crippen LogP contribution in [-0.2, 0) is 6.18 Å². The third kappa shape index (κ3) is 8.77. The molecule has 1 aromatic heterocycles. The minimum atomic E-state index is -4.70. The number of unbranched alkanes of at least 4 members (excludes halogenated alkanes) is 1. The molecule has 36 heavy (non-hydrogen) atoms. The van der Waals surface area contributed by atoms with E-state index in [1.165, 1.54) is 17.7 Å². The number of ether oxygens (including phenoxy) is 1. The molecular weight excluding hydrogens is 474 g/mol. The lowest BCUT2D eigenvalue weighted by molar-refractivity contribution is -0.138. The molecule has 0 bridgehead atoms. The summed E-state index contributed by atoms with van der Waals surface area (Å²) in [5, 5.41) is 0. The van der Waals surface area contributed by atoms with Crippen LogP contribution in [0.25, 0.3) is 5.57 Å². The van der Waals surface area contributed by atoms with Crippen LogP contribution in [0.4, 0.5) is 17.6 Å². The number of benzene rings is 1. The van der Waals surface area contributed by atoms with Gasteiger partial charge in [-0.15, -0.1) is 0 Å². The predicted molar refractivity (Wildman–Crippen MR) is 136 cm³/mol. The van der Waals surface area contributed by atoms with Gasteiger partial charge in [0.05, 0.1) is 11.6 Å². The number of allylic oxidation sites excluding steroid dienone is 2. The van der Waals surface area contributed by atoms with Crippen LogP contribution in [0.2, 0.25) is 0 Å². The Hall–Kier alpha value is -3.23. The van der Waals surface area contributed by atoms with E-state index in [-0.39, 0.29) is 12.5 Å². The predicted octanol–water partition coefficient (Wildman–Crippen LogP) is 7.08. The SMILES string of the molecule is C/C=C(\C=NC)c1ccccc1C(=O)N(CC)C(C)COc1ncc(C(F)(F)F)cc1F.CCCC. The number of alkyl halides is 3. The standard InChI is InChI=1S/C23H25F4N3O2.C4H10/c1-5-16(12-28-4)18-9-7-8-10-19(18)22(31)30(6-2)15(3)14-32-21-20(24)11-17(13-29-21)23(25,26)27;1-3-4-2/h5,7-13,15H,6,14H2,1-4H3;3-4H2,1-2H3/b16-5+,28-12?;. The number of aliphatic imine (C=N–C) groups is 1. The third-order valence-electron chi connectivity index (χ3n) is 5.28. The van der Waals surface area contributed by atoms with Crippen LogP contribution in [0.5, 0.6) is 5.88 Å².